The summed E-state index contributed by atoms with van der Waals surface area (Å²) < 4.78 is 1.29. The Bertz CT molecular complexity index is 1210. The van der Waals surface area contributed by atoms with Gasteiger partial charge in [0, 0.05) is 26.3 Å². The Morgan fingerprint density at radius 2 is 1.68 bits per heavy atom. The molecular formula is C22H14IrNS-. The van der Waals surface area contributed by atoms with Crippen LogP contribution < -0.4 is 0 Å². The van der Waals surface area contributed by atoms with Gasteiger partial charge >= 0.3 is 0 Å². The first-order valence-electron chi connectivity index (χ1n) is 8.00. The Balaban J connectivity index is 0.00000157. The molecule has 5 rings (SSSR count). The summed E-state index contributed by atoms with van der Waals surface area (Å²) in [6.07, 6.45) is 1.87. The van der Waals surface area contributed by atoms with Gasteiger partial charge in [0.05, 0.1) is 0 Å². The minimum absolute atomic E-state index is 0. The van der Waals surface area contributed by atoms with Gasteiger partial charge in [-0.2, -0.15) is 6.07 Å². The van der Waals surface area contributed by atoms with Crippen molar-refractivity contribution < 1.29 is 20.1 Å². The molecule has 0 N–H and O–H groups in total. The van der Waals surface area contributed by atoms with E-state index in [1.807, 2.05) is 23.6 Å². The third-order valence-electron chi connectivity index (χ3n) is 4.49. The molecule has 0 amide bonds. The molecule has 0 saturated carbocycles. The standard InChI is InChI=1S/C22H14NS.Ir/c1-14-13-19-21-18(11-6-12-23-21)17-10-5-9-16(20(17)22(19)24-14)15-7-3-2-4-8-15;/h2-12H,1H3;/q-1;. The second-order valence-electron chi connectivity index (χ2n) is 5.98. The van der Waals surface area contributed by atoms with E-state index in [0.717, 1.165) is 10.9 Å². The van der Waals surface area contributed by atoms with Crippen molar-refractivity contribution in [2.45, 2.75) is 6.92 Å². The molecule has 3 aromatic carbocycles. The van der Waals surface area contributed by atoms with E-state index in [1.54, 1.807) is 0 Å². The van der Waals surface area contributed by atoms with Crippen molar-refractivity contribution in [1.29, 1.82) is 0 Å². The van der Waals surface area contributed by atoms with Gasteiger partial charge in [-0.1, -0.05) is 64.2 Å². The van der Waals surface area contributed by atoms with Crippen LogP contribution in [0.15, 0.2) is 66.9 Å². The average Bonchev–Trinajstić information content (AvgIpc) is 3.04. The fourth-order valence-corrected chi connectivity index (χ4v) is 4.54. The number of rotatable bonds is 1. The van der Waals surface area contributed by atoms with Crippen LogP contribution in [0.3, 0.4) is 0 Å². The third kappa shape index (κ3) is 2.51. The molecule has 0 bridgehead atoms. The molecule has 123 valence electrons. The molecule has 1 nitrogen and oxygen atoms in total. The first-order chi connectivity index (χ1) is 11.8. The Hall–Kier alpha value is -2.06. The summed E-state index contributed by atoms with van der Waals surface area (Å²) >= 11 is 1.81. The van der Waals surface area contributed by atoms with Crippen molar-refractivity contribution >= 4 is 43.1 Å². The van der Waals surface area contributed by atoms with Crippen LogP contribution >= 0.6 is 11.3 Å². The number of nitrogens with zero attached hydrogens (tertiary/aromatic N) is 1. The van der Waals surface area contributed by atoms with Gasteiger partial charge in [0.15, 0.2) is 0 Å². The molecule has 5 aromatic rings. The minimum atomic E-state index is 0. The van der Waals surface area contributed by atoms with E-state index in [9.17, 15) is 0 Å². The van der Waals surface area contributed by atoms with E-state index in [-0.39, 0.29) is 20.1 Å². The number of fused-ring (bicyclic) bond motifs is 6. The zero-order valence-corrected chi connectivity index (χ0v) is 16.8. The maximum atomic E-state index is 4.65. The zero-order valence-electron chi connectivity index (χ0n) is 13.5. The molecule has 0 atom stereocenters. The van der Waals surface area contributed by atoms with Crippen LogP contribution in [0.25, 0.3) is 42.9 Å². The molecular weight excluding hydrogens is 503 g/mol. The van der Waals surface area contributed by atoms with E-state index < -0.39 is 0 Å². The number of thiophene rings is 1. The number of benzene rings is 3. The minimum Gasteiger partial charge on any atom is -0.320 e. The monoisotopic (exact) mass is 517 g/mol. The summed E-state index contributed by atoms with van der Waals surface area (Å²) in [5, 5.41) is 4.92. The molecule has 2 heterocycles. The molecule has 1 radical (unpaired) electrons. The first-order valence-corrected chi connectivity index (χ1v) is 8.82. The van der Waals surface area contributed by atoms with Gasteiger partial charge in [-0.25, -0.2) is 11.3 Å². The van der Waals surface area contributed by atoms with Gasteiger partial charge in [0.25, 0.3) is 0 Å². The summed E-state index contributed by atoms with van der Waals surface area (Å²) in [6.45, 7) is 2.12. The molecule has 0 fully saturated rings. The number of aromatic nitrogens is 1. The van der Waals surface area contributed by atoms with Crippen LogP contribution in [0.5, 0.6) is 0 Å². The summed E-state index contributed by atoms with van der Waals surface area (Å²) in [6, 6.07) is 24.9. The van der Waals surface area contributed by atoms with Gasteiger partial charge in [-0.05, 0) is 45.8 Å². The predicted molar refractivity (Wildman–Crippen MR) is 104 cm³/mol. The van der Waals surface area contributed by atoms with Crippen LogP contribution in [0.2, 0.25) is 0 Å². The first kappa shape index (κ1) is 16.4. The smallest absolute Gasteiger partial charge is 0.0124 e. The number of aryl methyl sites for hydroxylation is 1. The quantitative estimate of drug-likeness (QED) is 0.186. The van der Waals surface area contributed by atoms with E-state index >= 15 is 0 Å². The van der Waals surface area contributed by atoms with Gasteiger partial charge in [0.2, 0.25) is 0 Å². The van der Waals surface area contributed by atoms with E-state index in [2.05, 4.69) is 72.6 Å². The third-order valence-corrected chi connectivity index (χ3v) is 5.51. The largest absolute Gasteiger partial charge is 0.320 e. The molecule has 0 aliphatic carbocycles. The van der Waals surface area contributed by atoms with Crippen molar-refractivity contribution in [2.24, 2.45) is 0 Å². The fraction of sp³-hybridized carbons (Fsp3) is 0.0455. The van der Waals surface area contributed by atoms with Crippen LogP contribution in [0.1, 0.15) is 4.88 Å². The Morgan fingerprint density at radius 3 is 2.52 bits per heavy atom. The van der Waals surface area contributed by atoms with Gasteiger partial charge in [0.1, 0.15) is 0 Å². The van der Waals surface area contributed by atoms with Gasteiger partial charge < -0.3 is 4.98 Å². The van der Waals surface area contributed by atoms with Crippen LogP contribution in [-0.2, 0) is 20.1 Å². The van der Waals surface area contributed by atoms with Crippen LogP contribution in [-0.4, -0.2) is 4.98 Å². The number of hydrogen-bond acceptors (Lipinski definition) is 2. The van der Waals surface area contributed by atoms with E-state index in [0.29, 0.717) is 0 Å². The molecule has 0 aliphatic rings. The van der Waals surface area contributed by atoms with Crippen LogP contribution in [0, 0.1) is 13.0 Å². The van der Waals surface area contributed by atoms with Crippen molar-refractivity contribution in [2.75, 3.05) is 0 Å². The fourth-order valence-electron chi connectivity index (χ4n) is 3.51. The van der Waals surface area contributed by atoms with E-state index in [4.69, 9.17) is 0 Å². The topological polar surface area (TPSA) is 12.9 Å². The molecule has 0 spiro atoms. The molecule has 2 aromatic heterocycles. The van der Waals surface area contributed by atoms with Gasteiger partial charge in [-0.3, -0.25) is 0 Å². The Labute approximate surface area is 163 Å². The summed E-state index contributed by atoms with van der Waals surface area (Å²) in [7, 11) is 0. The summed E-state index contributed by atoms with van der Waals surface area (Å²) in [4.78, 5) is 5.85. The average molecular weight is 517 g/mol. The second-order valence-corrected chi connectivity index (χ2v) is 7.21. The summed E-state index contributed by atoms with van der Waals surface area (Å²) in [5.74, 6) is 0. The van der Waals surface area contributed by atoms with Crippen molar-refractivity contribution in [3.05, 3.63) is 77.8 Å². The summed E-state index contributed by atoms with van der Waals surface area (Å²) in [5.41, 5.74) is 3.58. The second kappa shape index (κ2) is 6.34. The van der Waals surface area contributed by atoms with Crippen LogP contribution in [0.4, 0.5) is 0 Å². The molecule has 25 heavy (non-hydrogen) atoms. The van der Waals surface area contributed by atoms with E-state index in [1.165, 1.54) is 36.9 Å². The predicted octanol–water partition coefficient (Wildman–Crippen LogP) is 6.38. The Kier molecular flexibility index (Phi) is 4.16. The van der Waals surface area contributed by atoms with Gasteiger partial charge in [-0.15, -0.1) is 5.39 Å². The molecule has 0 saturated heterocycles. The molecule has 3 heteroatoms. The number of pyridine rings is 1. The molecule has 0 aliphatic heterocycles. The zero-order chi connectivity index (χ0) is 16.1. The normalized spacial score (nSPS) is 11.1. The number of hydrogen-bond donors (Lipinski definition) is 0. The Morgan fingerprint density at radius 1 is 0.880 bits per heavy atom. The van der Waals surface area contributed by atoms with Crippen molar-refractivity contribution in [3.63, 3.8) is 0 Å². The maximum Gasteiger partial charge on any atom is 0.0124 e. The molecule has 0 unspecified atom stereocenters. The van der Waals surface area contributed by atoms with Crippen molar-refractivity contribution in [3.8, 4) is 11.1 Å². The SMILES string of the molecule is Cc1[c-]c2c3ncccc3c3cccc(-c4ccccc4)c3c2s1.[Ir]. The van der Waals surface area contributed by atoms with Crippen molar-refractivity contribution in [1.82, 2.24) is 4.98 Å². The maximum absolute atomic E-state index is 4.65.